The van der Waals surface area contributed by atoms with Crippen LogP contribution in [-0.2, 0) is 28.8 Å². The number of β-lactam (4-membered cyclic amide) rings is 1. The van der Waals surface area contributed by atoms with Crippen molar-refractivity contribution in [3.63, 3.8) is 0 Å². The van der Waals surface area contributed by atoms with Gasteiger partial charge in [0.25, 0.3) is 11.8 Å². The minimum atomic E-state index is -0.988. The Morgan fingerprint density at radius 2 is 1.83 bits per heavy atom. The van der Waals surface area contributed by atoms with Gasteiger partial charge in [-0.2, -0.15) is 0 Å². The lowest BCUT2D eigenvalue weighted by Gasteiger charge is -2.49. The summed E-state index contributed by atoms with van der Waals surface area (Å²) in [6.07, 6.45) is -0.298. The number of fused-ring (bicyclic) bond motifs is 1. The van der Waals surface area contributed by atoms with Gasteiger partial charge in [0.1, 0.15) is 29.9 Å². The van der Waals surface area contributed by atoms with Crippen LogP contribution in [0, 0.1) is 0 Å². The number of amides is 3. The average molecular weight is 608 g/mol. The third-order valence-corrected chi connectivity index (χ3v) is 8.59. The molecule has 3 heterocycles. The molecule has 0 bridgehead atoms. The Hall–Kier alpha value is -4.53. The summed E-state index contributed by atoms with van der Waals surface area (Å²) in [6.45, 7) is -0.447. The lowest BCUT2D eigenvalue weighted by atomic mass is 10.0. The monoisotopic (exact) mass is 607 g/mol. The van der Waals surface area contributed by atoms with Gasteiger partial charge in [0.15, 0.2) is 16.9 Å². The van der Waals surface area contributed by atoms with Crippen molar-refractivity contribution < 1.29 is 33.9 Å². The molecule has 3 N–H and O–H groups in total. The van der Waals surface area contributed by atoms with Crippen LogP contribution < -0.4 is 10.6 Å². The molecule has 0 saturated carbocycles. The number of aliphatic hydroxyl groups is 1. The molecule has 1 fully saturated rings. The third kappa shape index (κ3) is 5.77. The van der Waals surface area contributed by atoms with Gasteiger partial charge in [-0.05, 0) is 16.7 Å². The quantitative estimate of drug-likeness (QED) is 0.0975. The number of thiazole rings is 1. The van der Waals surface area contributed by atoms with E-state index in [1.54, 1.807) is 0 Å². The molecule has 0 aliphatic carbocycles. The Kier molecular flexibility index (Phi) is 8.95. The number of nitrogens with zero attached hydrogens (tertiary/aromatic N) is 3. The summed E-state index contributed by atoms with van der Waals surface area (Å²) < 4.78 is 5.99. The van der Waals surface area contributed by atoms with Crippen molar-refractivity contribution in [2.24, 2.45) is 5.16 Å². The zero-order valence-corrected chi connectivity index (χ0v) is 23.8. The van der Waals surface area contributed by atoms with Crippen LogP contribution in [0.15, 0.2) is 82.5 Å². The van der Waals surface area contributed by atoms with Crippen LogP contribution in [0.2, 0.25) is 0 Å². The van der Waals surface area contributed by atoms with Crippen molar-refractivity contribution in [2.45, 2.75) is 17.5 Å². The van der Waals surface area contributed by atoms with Gasteiger partial charge >= 0.3 is 5.97 Å². The summed E-state index contributed by atoms with van der Waals surface area (Å²) in [5, 5.41) is 20.0. The van der Waals surface area contributed by atoms with E-state index in [0.29, 0.717) is 12.0 Å². The topological polar surface area (TPSA) is 160 Å². The standard InChI is InChI=1S/C28H25N5O7S2/c1-39-32-20(19-14-42-28(30-19)29-15-35)24(36)31-21-25(37)33-22(18(12-34)13-41-26(21)33)27(38)40-23(16-8-4-2-5-9-16)17-10-6-3-7-11-17/h2-11,14-15,21,23,26,34H,12-13H2,1H3,(H,31,36)(H,29,30,35)/t21?,26-/m1/s1. The first kappa shape index (κ1) is 29.0. The van der Waals surface area contributed by atoms with Gasteiger partial charge in [-0.15, -0.1) is 23.1 Å². The third-order valence-electron chi connectivity index (χ3n) is 6.47. The maximum Gasteiger partial charge on any atom is 0.356 e. The fourth-order valence-corrected chi connectivity index (χ4v) is 6.53. The maximum absolute atomic E-state index is 13.7. The average Bonchev–Trinajstić information content (AvgIpc) is 3.49. The molecule has 0 spiro atoms. The highest BCUT2D eigenvalue weighted by molar-refractivity contribution is 8.00. The van der Waals surface area contributed by atoms with E-state index in [1.807, 2.05) is 60.7 Å². The first-order valence-electron chi connectivity index (χ1n) is 12.6. The molecule has 5 rings (SSSR count). The number of hydrogen-bond acceptors (Lipinski definition) is 11. The second-order valence-corrected chi connectivity index (χ2v) is 11.0. The fourth-order valence-electron chi connectivity index (χ4n) is 4.54. The number of nitrogens with one attached hydrogen (secondary N) is 2. The van der Waals surface area contributed by atoms with Crippen molar-refractivity contribution in [3.8, 4) is 0 Å². The normalized spacial score (nSPS) is 18.2. The highest BCUT2D eigenvalue weighted by Crippen LogP contribution is 2.41. The molecule has 12 nitrogen and oxygen atoms in total. The first-order chi connectivity index (χ1) is 20.5. The number of hydrogen-bond donors (Lipinski definition) is 3. The highest BCUT2D eigenvalue weighted by Gasteiger charge is 2.55. The molecule has 42 heavy (non-hydrogen) atoms. The van der Waals surface area contributed by atoms with Crippen molar-refractivity contribution in [2.75, 3.05) is 24.8 Å². The number of carbonyl (C=O) groups is 4. The summed E-state index contributed by atoms with van der Waals surface area (Å²) in [4.78, 5) is 61.1. The SMILES string of the molecule is CON=C(C(=O)NC1C(=O)N2C(C(=O)OC(c3ccccc3)c3ccccc3)=C(CO)CS[C@H]12)c1csc(NC=O)n1. The van der Waals surface area contributed by atoms with Gasteiger partial charge in [-0.1, -0.05) is 65.8 Å². The molecule has 1 aromatic heterocycles. The van der Waals surface area contributed by atoms with Gasteiger partial charge in [0.05, 0.1) is 6.61 Å². The molecule has 1 unspecified atom stereocenters. The van der Waals surface area contributed by atoms with Crippen LogP contribution in [-0.4, -0.2) is 75.8 Å². The Morgan fingerprint density at radius 3 is 2.43 bits per heavy atom. The van der Waals surface area contributed by atoms with Crippen LogP contribution in [0.25, 0.3) is 0 Å². The Morgan fingerprint density at radius 1 is 1.17 bits per heavy atom. The number of benzene rings is 2. The number of esters is 1. The predicted octanol–water partition coefficient (Wildman–Crippen LogP) is 2.04. The Balaban J connectivity index is 1.36. The largest absolute Gasteiger partial charge is 0.448 e. The highest BCUT2D eigenvalue weighted by atomic mass is 32.2. The number of oxime groups is 1. The number of ether oxygens (including phenoxy) is 1. The molecule has 14 heteroatoms. The fraction of sp³-hybridized carbons (Fsp3) is 0.214. The molecule has 0 radical (unpaired) electrons. The molecular weight excluding hydrogens is 582 g/mol. The zero-order valence-electron chi connectivity index (χ0n) is 22.1. The van der Waals surface area contributed by atoms with E-state index in [9.17, 15) is 24.3 Å². The number of aliphatic hydroxyl groups excluding tert-OH is 1. The van der Waals surface area contributed by atoms with Crippen LogP contribution in [0.4, 0.5) is 5.13 Å². The Bertz CT molecular complexity index is 1500. The van der Waals surface area contributed by atoms with E-state index in [1.165, 1.54) is 29.2 Å². The summed E-state index contributed by atoms with van der Waals surface area (Å²) in [5.41, 5.74) is 1.73. The lowest BCUT2D eigenvalue weighted by Crippen LogP contribution is -2.71. The van der Waals surface area contributed by atoms with Crippen LogP contribution in [0.1, 0.15) is 22.9 Å². The first-order valence-corrected chi connectivity index (χ1v) is 14.6. The van der Waals surface area contributed by atoms with Crippen LogP contribution in [0.5, 0.6) is 0 Å². The summed E-state index contributed by atoms with van der Waals surface area (Å²) >= 11 is 2.38. The summed E-state index contributed by atoms with van der Waals surface area (Å²) in [5.74, 6) is -1.80. The lowest BCUT2D eigenvalue weighted by molar-refractivity contribution is -0.154. The van der Waals surface area contributed by atoms with Crippen molar-refractivity contribution in [1.29, 1.82) is 0 Å². The zero-order chi connectivity index (χ0) is 29.6. The molecule has 2 atom stereocenters. The summed E-state index contributed by atoms with van der Waals surface area (Å²) in [7, 11) is 1.26. The molecular formula is C28H25N5O7S2. The molecule has 216 valence electrons. The second-order valence-electron chi connectivity index (χ2n) is 9.00. The van der Waals surface area contributed by atoms with Gasteiger partial charge in [-0.3, -0.25) is 19.3 Å². The van der Waals surface area contributed by atoms with Gasteiger partial charge < -0.3 is 25.3 Å². The molecule has 3 amide bonds. The minimum Gasteiger partial charge on any atom is -0.448 e. The van der Waals surface area contributed by atoms with Crippen molar-refractivity contribution >= 4 is 58.1 Å². The van der Waals surface area contributed by atoms with E-state index < -0.39 is 41.9 Å². The van der Waals surface area contributed by atoms with E-state index in [2.05, 4.69) is 20.8 Å². The van der Waals surface area contributed by atoms with Gasteiger partial charge in [-0.25, -0.2) is 9.78 Å². The number of aromatic nitrogens is 1. The minimum absolute atomic E-state index is 0.0385. The van der Waals surface area contributed by atoms with E-state index in [-0.39, 0.29) is 28.0 Å². The number of thioether (sulfide) groups is 1. The maximum atomic E-state index is 13.7. The van der Waals surface area contributed by atoms with Crippen LogP contribution >= 0.6 is 23.1 Å². The van der Waals surface area contributed by atoms with Crippen molar-refractivity contribution in [1.82, 2.24) is 15.2 Å². The number of rotatable bonds is 11. The number of anilines is 1. The van der Waals surface area contributed by atoms with E-state index >= 15 is 0 Å². The van der Waals surface area contributed by atoms with E-state index in [0.717, 1.165) is 22.5 Å². The van der Waals surface area contributed by atoms with Gasteiger partial charge in [0, 0.05) is 11.1 Å². The number of carbonyl (C=O) groups excluding carboxylic acids is 4. The molecule has 2 aromatic carbocycles. The molecule has 2 aliphatic heterocycles. The predicted molar refractivity (Wildman–Crippen MR) is 155 cm³/mol. The second kappa shape index (κ2) is 13.0. The summed E-state index contributed by atoms with van der Waals surface area (Å²) in [6, 6.07) is 17.4. The Labute approximate surface area is 248 Å². The molecule has 2 aliphatic rings. The molecule has 1 saturated heterocycles. The smallest absolute Gasteiger partial charge is 0.356 e. The van der Waals surface area contributed by atoms with E-state index in [4.69, 9.17) is 9.57 Å². The molecule has 3 aromatic rings. The van der Waals surface area contributed by atoms with Crippen LogP contribution in [0.3, 0.4) is 0 Å². The van der Waals surface area contributed by atoms with Gasteiger partial charge in [0.2, 0.25) is 6.41 Å². The van der Waals surface area contributed by atoms with Crippen molar-refractivity contribution in [3.05, 3.63) is 94.1 Å².